The van der Waals surface area contributed by atoms with E-state index >= 15 is 0 Å². The Bertz CT molecular complexity index is 909. The van der Waals surface area contributed by atoms with Crippen LogP contribution >= 0.6 is 0 Å². The molecule has 1 aromatic carbocycles. The molecule has 2 N–H and O–H groups in total. The fourth-order valence-electron chi connectivity index (χ4n) is 2.59. The van der Waals surface area contributed by atoms with Crippen molar-refractivity contribution in [1.29, 1.82) is 5.26 Å². The molecule has 0 aliphatic carbocycles. The minimum Gasteiger partial charge on any atom is -0.383 e. The van der Waals surface area contributed by atoms with Crippen LogP contribution in [0.15, 0.2) is 48.8 Å². The van der Waals surface area contributed by atoms with E-state index in [1.54, 1.807) is 12.4 Å². The largest absolute Gasteiger partial charge is 0.383 e. The topological polar surface area (TPSA) is 75.6 Å². The SMILES string of the molecule is Cc1ccc(C)c(-c2cc(-c3ccncc3)nc(N)c2C#N)c1. The van der Waals surface area contributed by atoms with Crippen LogP contribution in [-0.2, 0) is 0 Å². The molecule has 0 unspecified atom stereocenters. The number of hydrogen-bond acceptors (Lipinski definition) is 4. The van der Waals surface area contributed by atoms with Crippen LogP contribution in [0, 0.1) is 25.2 Å². The van der Waals surface area contributed by atoms with Gasteiger partial charge >= 0.3 is 0 Å². The van der Waals surface area contributed by atoms with Gasteiger partial charge in [0, 0.05) is 23.5 Å². The highest BCUT2D eigenvalue weighted by atomic mass is 14.8. The molecule has 0 radical (unpaired) electrons. The zero-order valence-electron chi connectivity index (χ0n) is 13.0. The molecule has 0 amide bonds. The quantitative estimate of drug-likeness (QED) is 0.779. The average Bonchev–Trinajstić information content (AvgIpc) is 2.57. The Balaban J connectivity index is 2.29. The molecule has 0 bridgehead atoms. The van der Waals surface area contributed by atoms with Gasteiger partial charge in [-0.05, 0) is 43.2 Å². The van der Waals surface area contributed by atoms with Crippen molar-refractivity contribution in [3.05, 3.63) is 65.5 Å². The molecule has 0 spiro atoms. The molecule has 0 aliphatic heterocycles. The molecular formula is C19H16N4. The van der Waals surface area contributed by atoms with E-state index in [1.165, 1.54) is 0 Å². The van der Waals surface area contributed by atoms with Crippen LogP contribution in [0.1, 0.15) is 16.7 Å². The van der Waals surface area contributed by atoms with Crippen LogP contribution in [-0.4, -0.2) is 9.97 Å². The Kier molecular flexibility index (Phi) is 3.78. The van der Waals surface area contributed by atoms with Crippen molar-refractivity contribution in [3.8, 4) is 28.5 Å². The van der Waals surface area contributed by atoms with Gasteiger partial charge < -0.3 is 5.73 Å². The van der Waals surface area contributed by atoms with Gasteiger partial charge in [-0.15, -0.1) is 0 Å². The van der Waals surface area contributed by atoms with Crippen LogP contribution in [0.5, 0.6) is 0 Å². The zero-order chi connectivity index (χ0) is 16.4. The van der Waals surface area contributed by atoms with Crippen LogP contribution in [0.3, 0.4) is 0 Å². The Morgan fingerprint density at radius 2 is 1.74 bits per heavy atom. The summed E-state index contributed by atoms with van der Waals surface area (Å²) in [4.78, 5) is 8.40. The summed E-state index contributed by atoms with van der Waals surface area (Å²) >= 11 is 0. The third kappa shape index (κ3) is 2.77. The van der Waals surface area contributed by atoms with E-state index in [2.05, 4.69) is 34.2 Å². The Labute approximate surface area is 135 Å². The second-order valence-electron chi connectivity index (χ2n) is 5.48. The lowest BCUT2D eigenvalue weighted by Crippen LogP contribution is -2.00. The number of rotatable bonds is 2. The number of nitrogens with zero attached hydrogens (tertiary/aromatic N) is 3. The van der Waals surface area contributed by atoms with E-state index in [9.17, 15) is 5.26 Å². The maximum absolute atomic E-state index is 9.50. The first-order valence-electron chi connectivity index (χ1n) is 7.29. The smallest absolute Gasteiger partial charge is 0.142 e. The Morgan fingerprint density at radius 3 is 2.43 bits per heavy atom. The number of nitrogens with two attached hydrogens (primary N) is 1. The molecular weight excluding hydrogens is 284 g/mol. The second kappa shape index (κ2) is 5.90. The third-order valence-electron chi connectivity index (χ3n) is 3.82. The fourth-order valence-corrected chi connectivity index (χ4v) is 2.59. The number of aryl methyl sites for hydroxylation is 2. The number of benzene rings is 1. The van der Waals surface area contributed by atoms with Gasteiger partial charge in [-0.3, -0.25) is 4.98 Å². The van der Waals surface area contributed by atoms with E-state index in [0.29, 0.717) is 5.56 Å². The summed E-state index contributed by atoms with van der Waals surface area (Å²) in [6.45, 7) is 4.06. The van der Waals surface area contributed by atoms with Crippen LogP contribution < -0.4 is 5.73 Å². The molecule has 2 heterocycles. The predicted octanol–water partition coefficient (Wildman–Crippen LogP) is 3.88. The predicted molar refractivity (Wildman–Crippen MR) is 91.5 cm³/mol. The lowest BCUT2D eigenvalue weighted by Gasteiger charge is -2.13. The normalized spacial score (nSPS) is 10.3. The van der Waals surface area contributed by atoms with Gasteiger partial charge in [0.2, 0.25) is 0 Å². The highest BCUT2D eigenvalue weighted by Crippen LogP contribution is 2.33. The molecule has 0 fully saturated rings. The molecule has 4 nitrogen and oxygen atoms in total. The summed E-state index contributed by atoms with van der Waals surface area (Å²) in [6.07, 6.45) is 3.42. The van der Waals surface area contributed by atoms with Crippen LogP contribution in [0.2, 0.25) is 0 Å². The van der Waals surface area contributed by atoms with Gasteiger partial charge in [-0.1, -0.05) is 23.8 Å². The van der Waals surface area contributed by atoms with E-state index in [-0.39, 0.29) is 5.82 Å². The highest BCUT2D eigenvalue weighted by Gasteiger charge is 2.15. The van der Waals surface area contributed by atoms with E-state index in [1.807, 2.05) is 32.0 Å². The Morgan fingerprint density at radius 1 is 1.00 bits per heavy atom. The highest BCUT2D eigenvalue weighted by molar-refractivity contribution is 5.81. The number of nitriles is 1. The van der Waals surface area contributed by atoms with Gasteiger partial charge in [0.1, 0.15) is 17.5 Å². The first-order valence-corrected chi connectivity index (χ1v) is 7.29. The third-order valence-corrected chi connectivity index (χ3v) is 3.82. The van der Waals surface area contributed by atoms with E-state index in [4.69, 9.17) is 5.73 Å². The standard InChI is InChI=1S/C19H16N4/c1-12-3-4-13(2)15(9-12)16-10-18(14-5-7-22-8-6-14)23-19(21)17(16)11-20/h3-10H,1-2H3,(H2,21,23). The van der Waals surface area contributed by atoms with Crippen molar-refractivity contribution < 1.29 is 0 Å². The molecule has 23 heavy (non-hydrogen) atoms. The van der Waals surface area contributed by atoms with Crippen molar-refractivity contribution in [3.63, 3.8) is 0 Å². The Hall–Kier alpha value is -3.19. The monoisotopic (exact) mass is 300 g/mol. The average molecular weight is 300 g/mol. The molecule has 2 aromatic heterocycles. The summed E-state index contributed by atoms with van der Waals surface area (Å²) in [5.74, 6) is 0.248. The maximum atomic E-state index is 9.50. The molecule has 4 heteroatoms. The van der Waals surface area contributed by atoms with Crippen molar-refractivity contribution in [2.45, 2.75) is 13.8 Å². The zero-order valence-corrected chi connectivity index (χ0v) is 13.0. The molecule has 0 saturated heterocycles. The minimum absolute atomic E-state index is 0.248. The fraction of sp³-hybridized carbons (Fsp3) is 0.105. The number of hydrogen-bond donors (Lipinski definition) is 1. The number of pyridine rings is 2. The van der Waals surface area contributed by atoms with Crippen molar-refractivity contribution in [2.75, 3.05) is 5.73 Å². The van der Waals surface area contributed by atoms with Gasteiger partial charge in [0.25, 0.3) is 0 Å². The van der Waals surface area contributed by atoms with Crippen LogP contribution in [0.25, 0.3) is 22.4 Å². The lowest BCUT2D eigenvalue weighted by atomic mass is 9.94. The first-order chi connectivity index (χ1) is 11.1. The van der Waals surface area contributed by atoms with E-state index < -0.39 is 0 Å². The molecule has 3 aromatic rings. The second-order valence-corrected chi connectivity index (χ2v) is 5.48. The van der Waals surface area contributed by atoms with Crippen molar-refractivity contribution in [1.82, 2.24) is 9.97 Å². The number of nitrogen functional groups attached to an aromatic ring is 1. The number of aromatic nitrogens is 2. The van der Waals surface area contributed by atoms with Crippen molar-refractivity contribution in [2.24, 2.45) is 0 Å². The molecule has 112 valence electrons. The maximum Gasteiger partial charge on any atom is 0.142 e. The van der Waals surface area contributed by atoms with Gasteiger partial charge in [0.05, 0.1) is 5.69 Å². The molecule has 3 rings (SSSR count). The van der Waals surface area contributed by atoms with Gasteiger partial charge in [-0.25, -0.2) is 4.98 Å². The summed E-state index contributed by atoms with van der Waals surface area (Å²) in [7, 11) is 0. The van der Waals surface area contributed by atoms with E-state index in [0.717, 1.165) is 33.5 Å². The van der Waals surface area contributed by atoms with Gasteiger partial charge in [0.15, 0.2) is 0 Å². The van der Waals surface area contributed by atoms with Gasteiger partial charge in [-0.2, -0.15) is 5.26 Å². The first kappa shape index (κ1) is 14.7. The molecule has 0 aliphatic rings. The number of anilines is 1. The summed E-state index contributed by atoms with van der Waals surface area (Å²) in [5, 5.41) is 9.50. The van der Waals surface area contributed by atoms with Crippen LogP contribution in [0.4, 0.5) is 5.82 Å². The molecule has 0 atom stereocenters. The van der Waals surface area contributed by atoms with Crippen molar-refractivity contribution >= 4 is 5.82 Å². The summed E-state index contributed by atoms with van der Waals surface area (Å²) in [5.41, 5.74) is 12.2. The summed E-state index contributed by atoms with van der Waals surface area (Å²) in [6, 6.07) is 14.0. The minimum atomic E-state index is 0.248. The molecule has 0 saturated carbocycles. The summed E-state index contributed by atoms with van der Waals surface area (Å²) < 4.78 is 0. The lowest BCUT2D eigenvalue weighted by molar-refractivity contribution is 1.28.